The fourth-order valence-corrected chi connectivity index (χ4v) is 4.06. The second-order valence-corrected chi connectivity index (χ2v) is 8.09. The summed E-state index contributed by atoms with van der Waals surface area (Å²) in [5.41, 5.74) is 1.57. The van der Waals surface area contributed by atoms with Gasteiger partial charge in [-0.1, -0.05) is 20.3 Å². The number of fused-ring (bicyclic) bond motifs is 1. The van der Waals surface area contributed by atoms with Gasteiger partial charge in [0.25, 0.3) is 5.91 Å². The van der Waals surface area contributed by atoms with Crippen LogP contribution in [-0.4, -0.2) is 26.9 Å². The third-order valence-electron chi connectivity index (χ3n) is 4.59. The second-order valence-electron chi connectivity index (χ2n) is 6.80. The molecule has 0 saturated carbocycles. The van der Waals surface area contributed by atoms with E-state index in [2.05, 4.69) is 23.4 Å². The van der Waals surface area contributed by atoms with E-state index in [9.17, 15) is 9.18 Å². The van der Waals surface area contributed by atoms with Crippen molar-refractivity contribution in [2.45, 2.75) is 53.1 Å². The Labute approximate surface area is 163 Å². The molecule has 1 aromatic carbocycles. The monoisotopic (exact) mass is 387 g/mol. The number of halogens is 1. The Kier molecular flexibility index (Phi) is 6.26. The highest BCUT2D eigenvalue weighted by Crippen LogP contribution is 2.22. The Bertz CT molecular complexity index is 931. The molecule has 0 unspecified atom stereocenters. The number of unbranched alkanes of at least 4 members (excludes halogenated alkanes) is 1. The number of carbonyl (C=O) groups excluding carboxylic acids is 1. The summed E-state index contributed by atoms with van der Waals surface area (Å²) in [6.07, 6.45) is 2.91. The van der Waals surface area contributed by atoms with Gasteiger partial charge in [0, 0.05) is 24.0 Å². The van der Waals surface area contributed by atoms with Crippen LogP contribution in [0.1, 0.15) is 53.5 Å². The minimum Gasteiger partial charge on any atom is -0.330 e. The SMILES string of the molecule is CCCCN(Cc1nc2cc(F)ccc2n1CCC)C(=O)c1ccc(C)s1. The van der Waals surface area contributed by atoms with Gasteiger partial charge in [0.05, 0.1) is 22.5 Å². The van der Waals surface area contributed by atoms with Gasteiger partial charge in [-0.25, -0.2) is 9.37 Å². The summed E-state index contributed by atoms with van der Waals surface area (Å²) in [5.74, 6) is 0.571. The highest BCUT2D eigenvalue weighted by atomic mass is 32.1. The van der Waals surface area contributed by atoms with Crippen LogP contribution in [-0.2, 0) is 13.1 Å². The van der Waals surface area contributed by atoms with Crippen LogP contribution < -0.4 is 0 Å². The van der Waals surface area contributed by atoms with Gasteiger partial charge in [-0.2, -0.15) is 0 Å². The number of hydrogen-bond acceptors (Lipinski definition) is 3. The standard InChI is InChI=1S/C21H26FN3OS/c1-4-6-12-24(21(26)19-10-7-15(3)27-19)14-20-23-17-13-16(22)8-9-18(17)25(20)11-5-2/h7-10,13H,4-6,11-12,14H2,1-3H3. The molecule has 3 rings (SSSR count). The molecule has 144 valence electrons. The first kappa shape index (κ1) is 19.5. The van der Waals surface area contributed by atoms with Gasteiger partial charge >= 0.3 is 0 Å². The first-order valence-corrected chi connectivity index (χ1v) is 10.4. The topological polar surface area (TPSA) is 38.1 Å². The predicted octanol–water partition coefficient (Wildman–Crippen LogP) is 5.40. The molecular formula is C21H26FN3OS. The molecule has 0 aliphatic rings. The average Bonchev–Trinajstić information content (AvgIpc) is 3.22. The maximum atomic E-state index is 13.6. The van der Waals surface area contributed by atoms with Crippen LogP contribution >= 0.6 is 11.3 Å². The fraction of sp³-hybridized carbons (Fsp3) is 0.429. The molecule has 4 nitrogen and oxygen atoms in total. The van der Waals surface area contributed by atoms with E-state index in [1.807, 2.05) is 24.0 Å². The number of carbonyl (C=O) groups is 1. The van der Waals surface area contributed by atoms with Crippen molar-refractivity contribution in [2.75, 3.05) is 6.54 Å². The zero-order valence-electron chi connectivity index (χ0n) is 16.2. The normalized spacial score (nSPS) is 11.3. The van der Waals surface area contributed by atoms with Crippen LogP contribution in [0.15, 0.2) is 30.3 Å². The molecule has 0 atom stereocenters. The van der Waals surface area contributed by atoms with Gasteiger partial charge in [-0.15, -0.1) is 11.3 Å². The Morgan fingerprint density at radius 3 is 2.70 bits per heavy atom. The molecule has 27 heavy (non-hydrogen) atoms. The van der Waals surface area contributed by atoms with Crippen LogP contribution in [0.2, 0.25) is 0 Å². The van der Waals surface area contributed by atoms with Crippen molar-refractivity contribution in [2.24, 2.45) is 0 Å². The van der Waals surface area contributed by atoms with E-state index in [1.54, 1.807) is 6.07 Å². The van der Waals surface area contributed by atoms with E-state index >= 15 is 0 Å². The molecule has 0 aliphatic heterocycles. The van der Waals surface area contributed by atoms with Crippen molar-refractivity contribution >= 4 is 28.3 Å². The Hall–Kier alpha value is -2.21. The minimum atomic E-state index is -0.289. The number of benzene rings is 1. The first-order valence-electron chi connectivity index (χ1n) is 9.53. The lowest BCUT2D eigenvalue weighted by Crippen LogP contribution is -2.32. The van der Waals surface area contributed by atoms with Crippen molar-refractivity contribution < 1.29 is 9.18 Å². The number of nitrogens with zero attached hydrogens (tertiary/aromatic N) is 3. The molecule has 0 fully saturated rings. The van der Waals surface area contributed by atoms with Crippen molar-refractivity contribution in [1.82, 2.24) is 14.5 Å². The maximum absolute atomic E-state index is 13.6. The number of hydrogen-bond donors (Lipinski definition) is 0. The largest absolute Gasteiger partial charge is 0.330 e. The summed E-state index contributed by atoms with van der Waals surface area (Å²) in [6.45, 7) is 8.15. The lowest BCUT2D eigenvalue weighted by molar-refractivity contribution is 0.0739. The highest BCUT2D eigenvalue weighted by Gasteiger charge is 2.21. The van der Waals surface area contributed by atoms with Gasteiger partial charge in [-0.05, 0) is 44.0 Å². The number of imidazole rings is 1. The number of rotatable bonds is 8. The van der Waals surface area contributed by atoms with Gasteiger partial charge in [0.15, 0.2) is 0 Å². The Morgan fingerprint density at radius 2 is 2.04 bits per heavy atom. The quantitative estimate of drug-likeness (QED) is 0.519. The smallest absolute Gasteiger partial charge is 0.264 e. The van der Waals surface area contributed by atoms with E-state index in [0.717, 1.165) is 46.9 Å². The van der Waals surface area contributed by atoms with E-state index in [1.165, 1.54) is 23.5 Å². The highest BCUT2D eigenvalue weighted by molar-refractivity contribution is 7.13. The molecule has 0 radical (unpaired) electrons. The molecule has 2 heterocycles. The Morgan fingerprint density at radius 1 is 1.22 bits per heavy atom. The molecule has 0 saturated heterocycles. The summed E-state index contributed by atoms with van der Waals surface area (Å²) in [7, 11) is 0. The van der Waals surface area contributed by atoms with Gasteiger partial charge < -0.3 is 9.47 Å². The van der Waals surface area contributed by atoms with E-state index in [0.29, 0.717) is 18.6 Å². The summed E-state index contributed by atoms with van der Waals surface area (Å²) in [6, 6.07) is 8.58. The lowest BCUT2D eigenvalue weighted by atomic mass is 10.3. The molecule has 3 aromatic rings. The summed E-state index contributed by atoms with van der Waals surface area (Å²) in [4.78, 5) is 21.5. The molecule has 2 aromatic heterocycles. The number of amides is 1. The third-order valence-corrected chi connectivity index (χ3v) is 5.58. The zero-order chi connectivity index (χ0) is 19.4. The predicted molar refractivity (Wildman–Crippen MR) is 109 cm³/mol. The molecular weight excluding hydrogens is 361 g/mol. The molecule has 6 heteroatoms. The first-order chi connectivity index (χ1) is 13.0. The second kappa shape index (κ2) is 8.65. The van der Waals surface area contributed by atoms with Crippen molar-refractivity contribution in [1.29, 1.82) is 0 Å². The van der Waals surface area contributed by atoms with Crippen LogP contribution in [0.4, 0.5) is 4.39 Å². The van der Waals surface area contributed by atoms with Gasteiger partial charge in [0.1, 0.15) is 11.6 Å². The number of thiophene rings is 1. The zero-order valence-corrected chi connectivity index (χ0v) is 17.0. The van der Waals surface area contributed by atoms with Crippen LogP contribution in [0, 0.1) is 12.7 Å². The molecule has 0 spiro atoms. The molecule has 0 bridgehead atoms. The summed E-state index contributed by atoms with van der Waals surface area (Å²) >= 11 is 1.52. The Balaban J connectivity index is 1.94. The summed E-state index contributed by atoms with van der Waals surface area (Å²) < 4.78 is 15.7. The average molecular weight is 388 g/mol. The van der Waals surface area contributed by atoms with E-state index in [-0.39, 0.29) is 11.7 Å². The van der Waals surface area contributed by atoms with E-state index in [4.69, 9.17) is 0 Å². The number of aryl methyl sites for hydroxylation is 2. The van der Waals surface area contributed by atoms with Crippen molar-refractivity contribution in [3.8, 4) is 0 Å². The van der Waals surface area contributed by atoms with Crippen LogP contribution in [0.3, 0.4) is 0 Å². The van der Waals surface area contributed by atoms with Gasteiger partial charge in [-0.3, -0.25) is 4.79 Å². The van der Waals surface area contributed by atoms with Crippen LogP contribution in [0.25, 0.3) is 11.0 Å². The van der Waals surface area contributed by atoms with Crippen molar-refractivity contribution in [3.63, 3.8) is 0 Å². The fourth-order valence-electron chi connectivity index (χ4n) is 3.22. The van der Waals surface area contributed by atoms with Gasteiger partial charge in [0.2, 0.25) is 0 Å². The third kappa shape index (κ3) is 4.38. The minimum absolute atomic E-state index is 0.0443. The molecule has 0 N–H and O–H groups in total. The lowest BCUT2D eigenvalue weighted by Gasteiger charge is -2.22. The maximum Gasteiger partial charge on any atom is 0.264 e. The molecule has 1 amide bonds. The van der Waals surface area contributed by atoms with Crippen molar-refractivity contribution in [3.05, 3.63) is 51.7 Å². The van der Waals surface area contributed by atoms with E-state index < -0.39 is 0 Å². The summed E-state index contributed by atoms with van der Waals surface area (Å²) in [5, 5.41) is 0. The molecule has 0 aliphatic carbocycles. The number of aromatic nitrogens is 2. The van der Waals surface area contributed by atoms with Crippen LogP contribution in [0.5, 0.6) is 0 Å².